The lowest BCUT2D eigenvalue weighted by Gasteiger charge is -2.14. The zero-order valence-corrected chi connectivity index (χ0v) is 12.2. The first-order valence-electron chi connectivity index (χ1n) is 5.98. The third kappa shape index (κ3) is 4.33. The molecule has 7 heteroatoms. The molecule has 0 heterocycles. The Morgan fingerprint density at radius 2 is 1.90 bits per heavy atom. The minimum atomic E-state index is -3.68. The molecule has 0 aliphatic rings. The van der Waals surface area contributed by atoms with Crippen LogP contribution >= 0.6 is 0 Å². The van der Waals surface area contributed by atoms with Crippen LogP contribution in [0.4, 0.5) is 0 Å². The van der Waals surface area contributed by atoms with E-state index in [9.17, 15) is 13.2 Å². The summed E-state index contributed by atoms with van der Waals surface area (Å²) < 4.78 is 22.2. The number of nitrogens with one attached hydrogen (secondary N) is 1. The lowest BCUT2D eigenvalue weighted by Crippen LogP contribution is -2.36. The average Bonchev–Trinajstić information content (AvgIpc) is 2.38. The van der Waals surface area contributed by atoms with Gasteiger partial charge in [-0.05, 0) is 38.0 Å². The molecule has 0 aliphatic heterocycles. The Kier molecular flexibility index (Phi) is 4.87. The Morgan fingerprint density at radius 3 is 2.35 bits per heavy atom. The molecule has 1 amide bonds. The van der Waals surface area contributed by atoms with Gasteiger partial charge in [0.2, 0.25) is 15.9 Å². The van der Waals surface area contributed by atoms with Crippen LogP contribution in [0.5, 0.6) is 0 Å². The van der Waals surface area contributed by atoms with Crippen LogP contribution in [0, 0.1) is 16.7 Å². The van der Waals surface area contributed by atoms with Crippen LogP contribution in [0.2, 0.25) is 0 Å². The summed E-state index contributed by atoms with van der Waals surface area (Å²) in [7, 11) is -3.68. The van der Waals surface area contributed by atoms with E-state index >= 15 is 0 Å². The summed E-state index contributed by atoms with van der Waals surface area (Å²) in [5.41, 5.74) is -0.190. The standard InChI is InChI=1S/C13H17N3O3S/c1-13(2,9-14)12(17)16-8-7-10-3-5-11(6-4-10)20(15,18)19/h3-6H,7-8H2,1-2H3,(H,16,17)(H2,15,18,19). The molecule has 1 aromatic rings. The first-order chi connectivity index (χ1) is 9.16. The average molecular weight is 295 g/mol. The number of primary sulfonamides is 1. The maximum absolute atomic E-state index is 11.6. The van der Waals surface area contributed by atoms with Crippen LogP contribution in [-0.2, 0) is 21.2 Å². The number of sulfonamides is 1. The fraction of sp³-hybridized carbons (Fsp3) is 0.385. The molecule has 0 radical (unpaired) electrons. The summed E-state index contributed by atoms with van der Waals surface area (Å²) in [5.74, 6) is -0.332. The van der Waals surface area contributed by atoms with Crippen molar-refractivity contribution < 1.29 is 13.2 Å². The normalized spacial score (nSPS) is 11.7. The zero-order valence-electron chi connectivity index (χ0n) is 11.4. The molecule has 0 fully saturated rings. The second kappa shape index (κ2) is 6.03. The van der Waals surface area contributed by atoms with Crippen molar-refractivity contribution in [3.63, 3.8) is 0 Å². The molecular weight excluding hydrogens is 278 g/mol. The van der Waals surface area contributed by atoms with Gasteiger partial charge in [0.05, 0.1) is 11.0 Å². The Balaban J connectivity index is 2.56. The van der Waals surface area contributed by atoms with Crippen LogP contribution in [-0.4, -0.2) is 20.9 Å². The highest BCUT2D eigenvalue weighted by atomic mass is 32.2. The van der Waals surface area contributed by atoms with Gasteiger partial charge >= 0.3 is 0 Å². The number of nitriles is 1. The minimum absolute atomic E-state index is 0.0518. The van der Waals surface area contributed by atoms with Gasteiger partial charge in [-0.25, -0.2) is 13.6 Å². The maximum atomic E-state index is 11.6. The monoisotopic (exact) mass is 295 g/mol. The number of hydrogen-bond donors (Lipinski definition) is 2. The highest BCUT2D eigenvalue weighted by Crippen LogP contribution is 2.13. The maximum Gasteiger partial charge on any atom is 0.239 e. The molecule has 0 saturated heterocycles. The second-order valence-electron chi connectivity index (χ2n) is 4.93. The Hall–Kier alpha value is -1.91. The number of nitrogens with two attached hydrogens (primary N) is 1. The van der Waals surface area contributed by atoms with E-state index in [0.29, 0.717) is 13.0 Å². The predicted molar refractivity (Wildman–Crippen MR) is 73.9 cm³/mol. The van der Waals surface area contributed by atoms with Gasteiger partial charge in [0.15, 0.2) is 0 Å². The van der Waals surface area contributed by atoms with Gasteiger partial charge < -0.3 is 5.32 Å². The van der Waals surface area contributed by atoms with Crippen LogP contribution in [0.1, 0.15) is 19.4 Å². The van der Waals surface area contributed by atoms with Gasteiger partial charge in [-0.1, -0.05) is 12.1 Å². The van der Waals surface area contributed by atoms with Crippen molar-refractivity contribution in [3.8, 4) is 6.07 Å². The number of carbonyl (C=O) groups excluding carboxylic acids is 1. The van der Waals surface area contributed by atoms with E-state index in [2.05, 4.69) is 5.32 Å². The van der Waals surface area contributed by atoms with Crippen LogP contribution in [0.25, 0.3) is 0 Å². The van der Waals surface area contributed by atoms with Crippen molar-refractivity contribution in [2.45, 2.75) is 25.2 Å². The lowest BCUT2D eigenvalue weighted by molar-refractivity contribution is -0.126. The van der Waals surface area contributed by atoms with Crippen LogP contribution < -0.4 is 10.5 Å². The van der Waals surface area contributed by atoms with Gasteiger partial charge in [-0.3, -0.25) is 4.79 Å². The second-order valence-corrected chi connectivity index (χ2v) is 6.49. The lowest BCUT2D eigenvalue weighted by atomic mass is 9.95. The molecule has 6 nitrogen and oxygen atoms in total. The first kappa shape index (κ1) is 16.1. The summed E-state index contributed by atoms with van der Waals surface area (Å²) in [6.45, 7) is 3.46. The summed E-state index contributed by atoms with van der Waals surface area (Å²) in [5, 5.41) is 16.5. The highest BCUT2D eigenvalue weighted by Gasteiger charge is 2.26. The molecule has 1 rings (SSSR count). The predicted octanol–water partition coefficient (Wildman–Crippen LogP) is 0.542. The number of nitrogens with zero attached hydrogens (tertiary/aromatic N) is 1. The SMILES string of the molecule is CC(C)(C#N)C(=O)NCCc1ccc(S(N)(=O)=O)cc1. The quantitative estimate of drug-likeness (QED) is 0.825. The zero-order chi connectivity index (χ0) is 15.4. The first-order valence-corrected chi connectivity index (χ1v) is 7.53. The van der Waals surface area contributed by atoms with E-state index in [0.717, 1.165) is 5.56 Å². The van der Waals surface area contributed by atoms with E-state index in [1.807, 2.05) is 6.07 Å². The molecule has 0 unspecified atom stereocenters. The van der Waals surface area contributed by atoms with Crippen molar-refractivity contribution in [1.82, 2.24) is 5.32 Å². The molecule has 3 N–H and O–H groups in total. The number of hydrogen-bond acceptors (Lipinski definition) is 4. The van der Waals surface area contributed by atoms with E-state index in [-0.39, 0.29) is 10.8 Å². The van der Waals surface area contributed by atoms with E-state index in [4.69, 9.17) is 10.4 Å². The van der Waals surface area contributed by atoms with Crippen molar-refractivity contribution in [1.29, 1.82) is 5.26 Å². The molecule has 0 aromatic heterocycles. The fourth-order valence-electron chi connectivity index (χ4n) is 1.44. The van der Waals surface area contributed by atoms with Crippen LogP contribution in [0.3, 0.4) is 0 Å². The number of benzene rings is 1. The van der Waals surface area contributed by atoms with E-state index in [1.165, 1.54) is 12.1 Å². The highest BCUT2D eigenvalue weighted by molar-refractivity contribution is 7.89. The summed E-state index contributed by atoms with van der Waals surface area (Å²) in [6, 6.07) is 8.05. The number of rotatable bonds is 5. The van der Waals surface area contributed by atoms with E-state index in [1.54, 1.807) is 26.0 Å². The van der Waals surface area contributed by atoms with Crippen molar-refractivity contribution in [3.05, 3.63) is 29.8 Å². The van der Waals surface area contributed by atoms with Crippen LogP contribution in [0.15, 0.2) is 29.2 Å². The molecule has 1 aromatic carbocycles. The largest absolute Gasteiger partial charge is 0.354 e. The van der Waals surface area contributed by atoms with Gasteiger partial charge in [0.1, 0.15) is 5.41 Å². The third-order valence-electron chi connectivity index (χ3n) is 2.80. The number of carbonyl (C=O) groups is 1. The Labute approximate surface area is 118 Å². The third-order valence-corrected chi connectivity index (χ3v) is 3.73. The summed E-state index contributed by atoms with van der Waals surface area (Å²) >= 11 is 0. The molecule has 0 atom stereocenters. The fourth-order valence-corrected chi connectivity index (χ4v) is 1.95. The topological polar surface area (TPSA) is 113 Å². The number of amides is 1. The molecule has 0 saturated carbocycles. The Bertz CT molecular complexity index is 628. The minimum Gasteiger partial charge on any atom is -0.354 e. The molecule has 108 valence electrons. The Morgan fingerprint density at radius 1 is 1.35 bits per heavy atom. The van der Waals surface area contributed by atoms with E-state index < -0.39 is 15.4 Å². The van der Waals surface area contributed by atoms with Gasteiger partial charge in [0.25, 0.3) is 0 Å². The van der Waals surface area contributed by atoms with Gasteiger partial charge in [-0.15, -0.1) is 0 Å². The van der Waals surface area contributed by atoms with Gasteiger partial charge in [-0.2, -0.15) is 5.26 Å². The van der Waals surface area contributed by atoms with Crippen molar-refractivity contribution in [2.75, 3.05) is 6.54 Å². The molecule has 0 bridgehead atoms. The van der Waals surface area contributed by atoms with Crippen molar-refractivity contribution in [2.24, 2.45) is 10.6 Å². The summed E-state index contributed by atoms with van der Waals surface area (Å²) in [4.78, 5) is 11.7. The van der Waals surface area contributed by atoms with Crippen molar-refractivity contribution >= 4 is 15.9 Å². The summed E-state index contributed by atoms with van der Waals surface area (Å²) in [6.07, 6.45) is 0.540. The van der Waals surface area contributed by atoms with Gasteiger partial charge in [0, 0.05) is 6.54 Å². The molecular formula is C13H17N3O3S. The molecule has 0 aliphatic carbocycles. The molecule has 0 spiro atoms. The smallest absolute Gasteiger partial charge is 0.239 e. The molecule has 20 heavy (non-hydrogen) atoms.